The van der Waals surface area contributed by atoms with Crippen LogP contribution in [0.25, 0.3) is 0 Å². The molecule has 0 aromatic carbocycles. The lowest BCUT2D eigenvalue weighted by Crippen LogP contribution is -2.49. The van der Waals surface area contributed by atoms with Gasteiger partial charge in [0.1, 0.15) is 5.60 Å². The van der Waals surface area contributed by atoms with E-state index >= 15 is 0 Å². The minimum absolute atomic E-state index is 0.125. The topological polar surface area (TPSA) is 98.2 Å². The molecular formula is C20H41N5O3. The Balaban J connectivity index is 2.39. The number of nitrogens with one attached hydrogen (secondary N) is 3. The summed E-state index contributed by atoms with van der Waals surface area (Å²) in [5, 5.41) is 19.0. The summed E-state index contributed by atoms with van der Waals surface area (Å²) in [5.74, 6) is 0.746. The molecular weight excluding hydrogens is 358 g/mol. The maximum atomic E-state index is 12.0. The highest BCUT2D eigenvalue weighted by Crippen LogP contribution is 2.10. The minimum atomic E-state index is -0.521. The number of aliphatic imine (C=N–C) groups is 1. The van der Waals surface area contributed by atoms with Gasteiger partial charge in [0, 0.05) is 26.2 Å². The number of aliphatic hydroxyl groups excluding tert-OH is 1. The SMILES string of the molecule is CCNC(=NCC(C)(C)NC(=O)OC(C)(C)C)NCCCN1CCC(O)CC1. The van der Waals surface area contributed by atoms with Gasteiger partial charge in [-0.15, -0.1) is 0 Å². The van der Waals surface area contributed by atoms with E-state index in [2.05, 4.69) is 25.8 Å². The summed E-state index contributed by atoms with van der Waals surface area (Å²) >= 11 is 0. The second-order valence-electron chi connectivity index (χ2n) is 9.06. The van der Waals surface area contributed by atoms with Gasteiger partial charge in [0.2, 0.25) is 0 Å². The van der Waals surface area contributed by atoms with Crippen LogP contribution in [0.2, 0.25) is 0 Å². The van der Waals surface area contributed by atoms with Gasteiger partial charge in [-0.3, -0.25) is 4.99 Å². The van der Waals surface area contributed by atoms with Gasteiger partial charge in [-0.2, -0.15) is 0 Å². The molecule has 1 aliphatic heterocycles. The smallest absolute Gasteiger partial charge is 0.408 e. The van der Waals surface area contributed by atoms with Crippen LogP contribution in [0.5, 0.6) is 0 Å². The van der Waals surface area contributed by atoms with Crippen molar-refractivity contribution in [2.45, 2.75) is 78.0 Å². The molecule has 8 nitrogen and oxygen atoms in total. The molecule has 8 heteroatoms. The molecule has 164 valence electrons. The average molecular weight is 400 g/mol. The number of rotatable bonds is 8. The van der Waals surface area contributed by atoms with Gasteiger partial charge in [0.15, 0.2) is 5.96 Å². The van der Waals surface area contributed by atoms with Crippen molar-refractivity contribution in [1.82, 2.24) is 20.9 Å². The zero-order chi connectivity index (χ0) is 21.2. The molecule has 0 aliphatic carbocycles. The van der Waals surface area contributed by atoms with Crippen molar-refractivity contribution in [3.63, 3.8) is 0 Å². The third kappa shape index (κ3) is 11.3. The van der Waals surface area contributed by atoms with Crippen LogP contribution in [0.4, 0.5) is 4.79 Å². The van der Waals surface area contributed by atoms with E-state index in [0.717, 1.165) is 57.9 Å². The predicted octanol–water partition coefficient (Wildman–Crippen LogP) is 1.69. The molecule has 0 radical (unpaired) electrons. The predicted molar refractivity (Wildman–Crippen MR) is 114 cm³/mol. The first-order valence-corrected chi connectivity index (χ1v) is 10.4. The number of amides is 1. The zero-order valence-corrected chi connectivity index (χ0v) is 18.6. The molecule has 0 bridgehead atoms. The first-order valence-electron chi connectivity index (χ1n) is 10.4. The van der Waals surface area contributed by atoms with Crippen molar-refractivity contribution in [3.05, 3.63) is 0 Å². The van der Waals surface area contributed by atoms with Gasteiger partial charge in [-0.1, -0.05) is 0 Å². The maximum absolute atomic E-state index is 12.0. The van der Waals surface area contributed by atoms with Crippen molar-refractivity contribution < 1.29 is 14.6 Å². The number of alkyl carbamates (subject to hydrolysis) is 1. The lowest BCUT2D eigenvalue weighted by Gasteiger charge is -2.29. The Bertz CT molecular complexity index is 495. The van der Waals surface area contributed by atoms with Crippen molar-refractivity contribution in [1.29, 1.82) is 0 Å². The van der Waals surface area contributed by atoms with Gasteiger partial charge in [-0.05, 0) is 67.3 Å². The number of nitrogens with zero attached hydrogens (tertiary/aromatic N) is 2. The molecule has 1 heterocycles. The highest BCUT2D eigenvalue weighted by atomic mass is 16.6. The molecule has 4 N–H and O–H groups in total. The molecule has 1 amide bonds. The summed E-state index contributed by atoms with van der Waals surface area (Å²) in [6.07, 6.45) is 2.20. The van der Waals surface area contributed by atoms with Crippen molar-refractivity contribution in [3.8, 4) is 0 Å². The Morgan fingerprint density at radius 2 is 1.82 bits per heavy atom. The van der Waals surface area contributed by atoms with Gasteiger partial charge in [0.05, 0.1) is 18.2 Å². The van der Waals surface area contributed by atoms with E-state index in [1.54, 1.807) is 0 Å². The number of carbonyl (C=O) groups is 1. The van der Waals surface area contributed by atoms with E-state index in [1.165, 1.54) is 0 Å². The van der Waals surface area contributed by atoms with E-state index in [1.807, 2.05) is 41.5 Å². The number of guanidine groups is 1. The number of hydrogen-bond donors (Lipinski definition) is 4. The Kier molecular flexibility index (Phi) is 10.0. The lowest BCUT2D eigenvalue weighted by molar-refractivity contribution is 0.0476. The van der Waals surface area contributed by atoms with Crippen molar-refractivity contribution >= 4 is 12.1 Å². The van der Waals surface area contributed by atoms with Gasteiger partial charge >= 0.3 is 6.09 Å². The molecule has 1 rings (SSSR count). The molecule has 0 atom stereocenters. The Hall–Kier alpha value is -1.54. The molecule has 1 fully saturated rings. The lowest BCUT2D eigenvalue weighted by atomic mass is 10.1. The van der Waals surface area contributed by atoms with Crippen LogP contribution in [-0.2, 0) is 4.74 Å². The highest BCUT2D eigenvalue weighted by molar-refractivity contribution is 5.79. The number of likely N-dealkylation sites (tertiary alicyclic amines) is 1. The molecule has 1 saturated heterocycles. The van der Waals surface area contributed by atoms with Gasteiger partial charge in [-0.25, -0.2) is 4.79 Å². The van der Waals surface area contributed by atoms with E-state index in [-0.39, 0.29) is 6.10 Å². The van der Waals surface area contributed by atoms with Crippen LogP contribution in [0.15, 0.2) is 4.99 Å². The quantitative estimate of drug-likeness (QED) is 0.282. The Labute approximate surface area is 170 Å². The third-order valence-electron chi connectivity index (χ3n) is 4.32. The summed E-state index contributed by atoms with van der Waals surface area (Å²) in [4.78, 5) is 19.0. The summed E-state index contributed by atoms with van der Waals surface area (Å²) < 4.78 is 5.32. The highest BCUT2D eigenvalue weighted by Gasteiger charge is 2.24. The number of hydrogen-bond acceptors (Lipinski definition) is 5. The fraction of sp³-hybridized carbons (Fsp3) is 0.900. The monoisotopic (exact) mass is 399 g/mol. The summed E-state index contributed by atoms with van der Waals surface area (Å²) in [5.41, 5.74) is -1.04. The number of aliphatic hydroxyl groups is 1. The molecule has 0 spiro atoms. The van der Waals surface area contributed by atoms with Gasteiger partial charge < -0.3 is 30.7 Å². The van der Waals surface area contributed by atoms with Crippen LogP contribution in [0.1, 0.15) is 60.8 Å². The third-order valence-corrected chi connectivity index (χ3v) is 4.32. The number of carbonyl (C=O) groups excluding carboxylic acids is 1. The number of piperidine rings is 1. The first-order chi connectivity index (χ1) is 13.0. The van der Waals surface area contributed by atoms with E-state index in [9.17, 15) is 9.90 Å². The summed E-state index contributed by atoms with van der Waals surface area (Å²) in [7, 11) is 0. The first kappa shape index (κ1) is 24.5. The fourth-order valence-corrected chi connectivity index (χ4v) is 2.89. The minimum Gasteiger partial charge on any atom is -0.444 e. The molecule has 0 unspecified atom stereocenters. The van der Waals surface area contributed by atoms with Crippen LogP contribution < -0.4 is 16.0 Å². The van der Waals surface area contributed by atoms with E-state index < -0.39 is 17.2 Å². The maximum Gasteiger partial charge on any atom is 0.408 e. The average Bonchev–Trinajstić information content (AvgIpc) is 2.55. The van der Waals surface area contributed by atoms with Crippen LogP contribution in [0.3, 0.4) is 0 Å². The van der Waals surface area contributed by atoms with Gasteiger partial charge in [0.25, 0.3) is 0 Å². The van der Waals surface area contributed by atoms with E-state index in [0.29, 0.717) is 6.54 Å². The van der Waals surface area contributed by atoms with Crippen LogP contribution in [0, 0.1) is 0 Å². The largest absolute Gasteiger partial charge is 0.444 e. The fourth-order valence-electron chi connectivity index (χ4n) is 2.89. The Morgan fingerprint density at radius 3 is 2.39 bits per heavy atom. The normalized spacial score (nSPS) is 17.3. The second-order valence-corrected chi connectivity index (χ2v) is 9.06. The van der Waals surface area contributed by atoms with Crippen molar-refractivity contribution in [2.75, 3.05) is 39.3 Å². The van der Waals surface area contributed by atoms with E-state index in [4.69, 9.17) is 4.74 Å². The summed E-state index contributed by atoms with van der Waals surface area (Å²) in [6, 6.07) is 0. The Morgan fingerprint density at radius 1 is 1.18 bits per heavy atom. The van der Waals surface area contributed by atoms with Crippen LogP contribution >= 0.6 is 0 Å². The molecule has 1 aliphatic rings. The second kappa shape index (κ2) is 11.5. The van der Waals surface area contributed by atoms with Crippen LogP contribution in [-0.4, -0.2) is 78.6 Å². The van der Waals surface area contributed by atoms with Crippen molar-refractivity contribution in [2.24, 2.45) is 4.99 Å². The number of ether oxygens (including phenoxy) is 1. The molecule has 0 aromatic heterocycles. The molecule has 0 saturated carbocycles. The molecule has 0 aromatic rings. The molecule has 28 heavy (non-hydrogen) atoms. The zero-order valence-electron chi connectivity index (χ0n) is 18.6. The standard InChI is InChI=1S/C20H41N5O3/c1-7-21-17(22-11-8-12-25-13-9-16(26)10-14-25)23-15-20(5,6)24-18(27)28-19(2,3)4/h16,26H,7-15H2,1-6H3,(H,24,27)(H2,21,22,23). The summed E-state index contributed by atoms with van der Waals surface area (Å²) in [6.45, 7) is 16.4.